The van der Waals surface area contributed by atoms with E-state index in [0.717, 1.165) is 116 Å². The van der Waals surface area contributed by atoms with Gasteiger partial charge < -0.3 is 14.2 Å². The van der Waals surface area contributed by atoms with Gasteiger partial charge in [-0.25, -0.2) is 0 Å². The van der Waals surface area contributed by atoms with Crippen LogP contribution >= 0.6 is 0 Å². The van der Waals surface area contributed by atoms with Gasteiger partial charge in [-0.05, 0) is 116 Å². The van der Waals surface area contributed by atoms with Gasteiger partial charge in [0.15, 0.2) is 6.10 Å². The highest BCUT2D eigenvalue weighted by molar-refractivity contribution is 5.71. The number of ether oxygens (including phenoxy) is 3. The first-order valence-electron chi connectivity index (χ1n) is 28.3. The maximum Gasteiger partial charge on any atom is 0.306 e. The molecule has 0 aliphatic heterocycles. The molecule has 0 heterocycles. The van der Waals surface area contributed by atoms with Crippen LogP contribution in [-0.2, 0) is 28.6 Å². The average Bonchev–Trinajstić information content (AvgIpc) is 3.34. The molecule has 0 amide bonds. The van der Waals surface area contributed by atoms with Crippen molar-refractivity contribution in [1.29, 1.82) is 0 Å². The van der Waals surface area contributed by atoms with Gasteiger partial charge in [-0.3, -0.25) is 14.4 Å². The lowest BCUT2D eigenvalue weighted by atomic mass is 10.1. The molecule has 0 saturated carbocycles. The van der Waals surface area contributed by atoms with Crippen LogP contribution in [0.3, 0.4) is 0 Å². The molecule has 0 saturated heterocycles. The van der Waals surface area contributed by atoms with E-state index < -0.39 is 6.10 Å². The van der Waals surface area contributed by atoms with E-state index in [1.807, 2.05) is 0 Å². The van der Waals surface area contributed by atoms with E-state index in [2.05, 4.69) is 118 Å². The SMILES string of the molecule is CC/C=C\C/C=C\C/C=C\C/C=C\C/C=C\CCCCCC(=O)OCC(COC(=O)CCCCCCCC/C=C\C=C/CCCCC)OC(=O)CCCCCCC/C=C\CCCCCCCCC. The van der Waals surface area contributed by atoms with Crippen LogP contribution in [0, 0.1) is 0 Å². The van der Waals surface area contributed by atoms with Crippen molar-refractivity contribution in [3.63, 3.8) is 0 Å². The first-order valence-corrected chi connectivity index (χ1v) is 28.3. The fourth-order valence-electron chi connectivity index (χ4n) is 7.57. The standard InChI is InChI=1S/C62H104O6/c1-4-7-10-13-16-19-22-25-28-30-31-32-35-37-40-43-46-49-52-55-61(64)67-58-59(57-66-60(63)54-51-48-45-42-39-36-33-27-24-21-18-15-12-9-6-3)68-62(65)56-53-50-47-44-41-38-34-29-26-23-20-17-14-11-8-5-2/h7,10,16,18-19,21,24-25,27-29,31-32,34,37,40,59H,4-6,8-9,11-15,17,20,22-23,26,30,33,35-36,38-39,41-58H2,1-3H3/b10-7-,19-16-,21-18-,27-24-,28-25-,32-31-,34-29-,40-37-. The fraction of sp³-hybridized carbons (Fsp3) is 0.694. The fourth-order valence-corrected chi connectivity index (χ4v) is 7.57. The molecule has 1 unspecified atom stereocenters. The summed E-state index contributed by atoms with van der Waals surface area (Å²) in [6.45, 7) is 6.45. The lowest BCUT2D eigenvalue weighted by molar-refractivity contribution is -0.167. The van der Waals surface area contributed by atoms with Crippen molar-refractivity contribution < 1.29 is 28.6 Å². The van der Waals surface area contributed by atoms with E-state index in [9.17, 15) is 14.4 Å². The molecular formula is C62H104O6. The lowest BCUT2D eigenvalue weighted by Gasteiger charge is -2.18. The van der Waals surface area contributed by atoms with E-state index >= 15 is 0 Å². The molecule has 0 aliphatic rings. The average molecular weight is 946 g/mol. The number of hydrogen-bond donors (Lipinski definition) is 0. The summed E-state index contributed by atoms with van der Waals surface area (Å²) in [6, 6.07) is 0. The number of hydrogen-bond acceptors (Lipinski definition) is 6. The van der Waals surface area contributed by atoms with Gasteiger partial charge in [-0.2, -0.15) is 0 Å². The molecule has 6 heteroatoms. The number of carbonyl (C=O) groups excluding carboxylic acids is 3. The third-order valence-corrected chi connectivity index (χ3v) is 11.8. The quantitative estimate of drug-likeness (QED) is 0.0199. The minimum absolute atomic E-state index is 0.0982. The largest absolute Gasteiger partial charge is 0.462 e. The summed E-state index contributed by atoms with van der Waals surface area (Å²) >= 11 is 0. The molecule has 0 aromatic rings. The Kier molecular flexibility index (Phi) is 52.9. The highest BCUT2D eigenvalue weighted by Crippen LogP contribution is 2.14. The molecule has 0 bridgehead atoms. The molecule has 0 aliphatic carbocycles. The van der Waals surface area contributed by atoms with E-state index in [1.54, 1.807) is 0 Å². The minimum atomic E-state index is -0.802. The third kappa shape index (κ3) is 53.3. The maximum absolute atomic E-state index is 12.8. The Morgan fingerprint density at radius 3 is 1.04 bits per heavy atom. The van der Waals surface area contributed by atoms with Crippen LogP contribution in [0.5, 0.6) is 0 Å². The Bertz CT molecular complexity index is 1360. The Morgan fingerprint density at radius 1 is 0.324 bits per heavy atom. The van der Waals surface area contributed by atoms with Gasteiger partial charge in [0.1, 0.15) is 13.2 Å². The van der Waals surface area contributed by atoms with Gasteiger partial charge in [-0.1, -0.05) is 221 Å². The van der Waals surface area contributed by atoms with Crippen molar-refractivity contribution >= 4 is 17.9 Å². The van der Waals surface area contributed by atoms with Crippen LogP contribution in [0.15, 0.2) is 97.2 Å². The Hall–Kier alpha value is -3.67. The molecule has 0 aromatic carbocycles. The van der Waals surface area contributed by atoms with Gasteiger partial charge in [-0.15, -0.1) is 0 Å². The normalized spacial score (nSPS) is 12.8. The van der Waals surface area contributed by atoms with Crippen molar-refractivity contribution in [2.75, 3.05) is 13.2 Å². The second kappa shape index (κ2) is 55.9. The van der Waals surface area contributed by atoms with Gasteiger partial charge in [0.05, 0.1) is 0 Å². The van der Waals surface area contributed by atoms with Crippen molar-refractivity contribution in [3.05, 3.63) is 97.2 Å². The smallest absolute Gasteiger partial charge is 0.306 e. The molecule has 0 aromatic heterocycles. The predicted octanol–water partition coefficient (Wildman–Crippen LogP) is 18.9. The van der Waals surface area contributed by atoms with E-state index in [1.165, 1.54) is 103 Å². The molecule has 0 radical (unpaired) electrons. The highest BCUT2D eigenvalue weighted by Gasteiger charge is 2.19. The molecule has 0 spiro atoms. The van der Waals surface area contributed by atoms with Crippen LogP contribution in [0.4, 0.5) is 0 Å². The topological polar surface area (TPSA) is 78.9 Å². The van der Waals surface area contributed by atoms with Crippen LogP contribution in [0.25, 0.3) is 0 Å². The molecule has 0 rings (SSSR count). The number of unbranched alkanes of at least 4 members (excludes halogenated alkanes) is 24. The van der Waals surface area contributed by atoms with E-state index in [0.29, 0.717) is 19.3 Å². The summed E-state index contributed by atoms with van der Waals surface area (Å²) in [5, 5.41) is 0. The zero-order valence-electron chi connectivity index (χ0n) is 44.3. The number of esters is 3. The summed E-state index contributed by atoms with van der Waals surface area (Å²) in [7, 11) is 0. The Labute approximate surface area is 419 Å². The Balaban J connectivity index is 4.48. The summed E-state index contributed by atoms with van der Waals surface area (Å²) in [5.41, 5.74) is 0. The van der Waals surface area contributed by atoms with Gasteiger partial charge in [0.2, 0.25) is 0 Å². The number of allylic oxidation sites excluding steroid dienone is 16. The first-order chi connectivity index (χ1) is 33.5. The minimum Gasteiger partial charge on any atom is -0.462 e. The molecular weight excluding hydrogens is 841 g/mol. The predicted molar refractivity (Wildman–Crippen MR) is 293 cm³/mol. The summed E-state index contributed by atoms with van der Waals surface area (Å²) in [6.07, 6.45) is 73.9. The molecule has 68 heavy (non-hydrogen) atoms. The van der Waals surface area contributed by atoms with Crippen molar-refractivity contribution in [2.24, 2.45) is 0 Å². The number of rotatable bonds is 50. The molecule has 6 nitrogen and oxygen atoms in total. The van der Waals surface area contributed by atoms with Gasteiger partial charge >= 0.3 is 17.9 Å². The third-order valence-electron chi connectivity index (χ3n) is 11.8. The summed E-state index contributed by atoms with van der Waals surface area (Å²) in [5.74, 6) is -0.948. The number of carbonyl (C=O) groups is 3. The Morgan fingerprint density at radius 2 is 0.618 bits per heavy atom. The van der Waals surface area contributed by atoms with Gasteiger partial charge in [0.25, 0.3) is 0 Å². The van der Waals surface area contributed by atoms with Crippen molar-refractivity contribution in [3.8, 4) is 0 Å². The zero-order chi connectivity index (χ0) is 49.3. The zero-order valence-corrected chi connectivity index (χ0v) is 44.3. The second-order valence-electron chi connectivity index (χ2n) is 18.5. The van der Waals surface area contributed by atoms with Gasteiger partial charge in [0, 0.05) is 19.3 Å². The second-order valence-corrected chi connectivity index (χ2v) is 18.5. The lowest BCUT2D eigenvalue weighted by Crippen LogP contribution is -2.30. The molecule has 0 fully saturated rings. The van der Waals surface area contributed by atoms with Crippen LogP contribution < -0.4 is 0 Å². The summed E-state index contributed by atoms with van der Waals surface area (Å²) < 4.78 is 16.8. The highest BCUT2D eigenvalue weighted by atomic mass is 16.6. The van der Waals surface area contributed by atoms with Crippen LogP contribution in [-0.4, -0.2) is 37.2 Å². The molecule has 1 atom stereocenters. The van der Waals surface area contributed by atoms with Crippen molar-refractivity contribution in [1.82, 2.24) is 0 Å². The van der Waals surface area contributed by atoms with E-state index in [-0.39, 0.29) is 31.1 Å². The first kappa shape index (κ1) is 64.3. The monoisotopic (exact) mass is 945 g/mol. The van der Waals surface area contributed by atoms with Crippen LogP contribution in [0.1, 0.15) is 258 Å². The van der Waals surface area contributed by atoms with Crippen molar-refractivity contribution in [2.45, 2.75) is 264 Å². The molecule has 0 N–H and O–H groups in total. The summed E-state index contributed by atoms with van der Waals surface area (Å²) in [4.78, 5) is 38.1. The maximum atomic E-state index is 12.8. The molecule has 388 valence electrons. The van der Waals surface area contributed by atoms with E-state index in [4.69, 9.17) is 14.2 Å². The van der Waals surface area contributed by atoms with Crippen LogP contribution in [0.2, 0.25) is 0 Å².